The highest BCUT2D eigenvalue weighted by molar-refractivity contribution is 6.33. The molecule has 1 amide bonds. The third-order valence-electron chi connectivity index (χ3n) is 3.17. The second kappa shape index (κ2) is 7.19. The first-order chi connectivity index (χ1) is 10.6. The minimum Gasteiger partial charge on any atom is -0.496 e. The van der Waals surface area contributed by atoms with Crippen LogP contribution in [0.1, 0.15) is 17.3 Å². The molecule has 0 radical (unpaired) electrons. The molecule has 0 fully saturated rings. The highest BCUT2D eigenvalue weighted by Crippen LogP contribution is 2.29. The summed E-state index contributed by atoms with van der Waals surface area (Å²) < 4.78 is 6.67. The maximum absolute atomic E-state index is 12.3. The van der Waals surface area contributed by atoms with Crippen LogP contribution in [0, 0.1) is 0 Å². The number of aromatic nitrogens is 4. The van der Waals surface area contributed by atoms with Gasteiger partial charge in [-0.05, 0) is 30.5 Å². The van der Waals surface area contributed by atoms with Gasteiger partial charge in [0.2, 0.25) is 0 Å². The standard InChI is InChI=1S/C13H17ClN6O2/c1-8(15-2)6-16-13(21)9-4-10(14)11(5-12(9)22-3)20-7-17-18-19-20/h4-5,7-8,15H,6H2,1-3H3,(H,16,21). The van der Waals surface area contributed by atoms with Crippen molar-refractivity contribution in [2.75, 3.05) is 20.7 Å². The maximum atomic E-state index is 12.3. The van der Waals surface area contributed by atoms with Crippen molar-refractivity contribution in [2.24, 2.45) is 0 Å². The Labute approximate surface area is 132 Å². The van der Waals surface area contributed by atoms with E-state index < -0.39 is 0 Å². The Hall–Kier alpha value is -2.19. The molecule has 1 aromatic carbocycles. The molecular formula is C13H17ClN6O2. The van der Waals surface area contributed by atoms with Crippen LogP contribution >= 0.6 is 11.6 Å². The van der Waals surface area contributed by atoms with Crippen molar-refractivity contribution in [3.05, 3.63) is 29.0 Å². The van der Waals surface area contributed by atoms with Gasteiger partial charge in [0, 0.05) is 18.7 Å². The van der Waals surface area contributed by atoms with Crippen molar-refractivity contribution < 1.29 is 9.53 Å². The lowest BCUT2D eigenvalue weighted by atomic mass is 10.1. The van der Waals surface area contributed by atoms with Gasteiger partial charge in [-0.1, -0.05) is 11.6 Å². The molecule has 0 spiro atoms. The van der Waals surface area contributed by atoms with Gasteiger partial charge in [-0.3, -0.25) is 4.79 Å². The summed E-state index contributed by atoms with van der Waals surface area (Å²) in [5, 5.41) is 17.1. The average Bonchev–Trinajstić information content (AvgIpc) is 3.06. The summed E-state index contributed by atoms with van der Waals surface area (Å²) in [6.07, 6.45) is 1.41. The van der Waals surface area contributed by atoms with Crippen LogP contribution in [0.2, 0.25) is 5.02 Å². The summed E-state index contributed by atoms with van der Waals surface area (Å²) in [5.41, 5.74) is 0.885. The van der Waals surface area contributed by atoms with Gasteiger partial charge in [0.25, 0.3) is 5.91 Å². The number of halogens is 1. The summed E-state index contributed by atoms with van der Waals surface area (Å²) in [7, 11) is 3.31. The summed E-state index contributed by atoms with van der Waals surface area (Å²) >= 11 is 6.22. The lowest BCUT2D eigenvalue weighted by Gasteiger charge is -2.14. The van der Waals surface area contributed by atoms with Gasteiger partial charge in [0.05, 0.1) is 23.4 Å². The molecule has 0 saturated heterocycles. The zero-order valence-electron chi connectivity index (χ0n) is 12.5. The lowest BCUT2D eigenvalue weighted by molar-refractivity contribution is 0.0947. The molecule has 2 aromatic rings. The number of hydrogen-bond donors (Lipinski definition) is 2. The third-order valence-corrected chi connectivity index (χ3v) is 3.47. The van der Waals surface area contributed by atoms with Gasteiger partial charge in [-0.25, -0.2) is 0 Å². The minimum absolute atomic E-state index is 0.158. The van der Waals surface area contributed by atoms with Gasteiger partial charge in [0.15, 0.2) is 0 Å². The molecule has 0 aliphatic rings. The molecule has 1 unspecified atom stereocenters. The highest BCUT2D eigenvalue weighted by Gasteiger charge is 2.17. The van der Waals surface area contributed by atoms with Crippen LogP contribution in [0.4, 0.5) is 0 Å². The SMILES string of the molecule is CNC(C)CNC(=O)c1cc(Cl)c(-n2cnnn2)cc1OC. The Kier molecular flexibility index (Phi) is 5.29. The monoisotopic (exact) mass is 324 g/mol. The molecule has 22 heavy (non-hydrogen) atoms. The van der Waals surface area contributed by atoms with E-state index in [0.29, 0.717) is 28.6 Å². The Morgan fingerprint density at radius 1 is 1.50 bits per heavy atom. The summed E-state index contributed by atoms with van der Waals surface area (Å²) in [4.78, 5) is 12.3. The predicted octanol–water partition coefficient (Wildman–Crippen LogP) is 0.662. The number of nitrogens with one attached hydrogen (secondary N) is 2. The van der Waals surface area contributed by atoms with E-state index in [1.54, 1.807) is 6.07 Å². The summed E-state index contributed by atoms with van der Waals surface area (Å²) in [6, 6.07) is 3.32. The molecular weight excluding hydrogens is 308 g/mol. The first-order valence-electron chi connectivity index (χ1n) is 6.63. The number of benzene rings is 1. The molecule has 118 valence electrons. The van der Waals surface area contributed by atoms with Crippen molar-refractivity contribution in [1.82, 2.24) is 30.8 Å². The fraction of sp³-hybridized carbons (Fsp3) is 0.385. The summed E-state index contributed by atoms with van der Waals surface area (Å²) in [5.74, 6) is 0.133. The molecule has 2 N–H and O–H groups in total. The largest absolute Gasteiger partial charge is 0.496 e. The summed E-state index contributed by atoms with van der Waals surface area (Å²) in [6.45, 7) is 2.45. The Morgan fingerprint density at radius 2 is 2.27 bits per heavy atom. The fourth-order valence-corrected chi connectivity index (χ4v) is 2.03. The Morgan fingerprint density at radius 3 is 2.86 bits per heavy atom. The molecule has 0 aliphatic heterocycles. The quantitative estimate of drug-likeness (QED) is 0.811. The molecule has 0 aliphatic carbocycles. The normalized spacial score (nSPS) is 12.0. The number of nitrogens with zero attached hydrogens (tertiary/aromatic N) is 4. The molecule has 0 saturated carbocycles. The molecule has 0 bridgehead atoms. The van der Waals surface area contributed by atoms with Gasteiger partial charge in [0.1, 0.15) is 12.1 Å². The maximum Gasteiger partial charge on any atom is 0.255 e. The van der Waals surface area contributed by atoms with Gasteiger partial charge in [-0.15, -0.1) is 5.10 Å². The van der Waals surface area contributed by atoms with Crippen LogP contribution in [0.5, 0.6) is 5.75 Å². The number of methoxy groups -OCH3 is 1. The minimum atomic E-state index is -0.260. The van der Waals surface area contributed by atoms with E-state index in [2.05, 4.69) is 26.2 Å². The number of rotatable bonds is 6. The smallest absolute Gasteiger partial charge is 0.255 e. The number of carbonyl (C=O) groups excluding carboxylic acids is 1. The highest BCUT2D eigenvalue weighted by atomic mass is 35.5. The van der Waals surface area contributed by atoms with Crippen LogP contribution in [0.25, 0.3) is 5.69 Å². The van der Waals surface area contributed by atoms with E-state index in [9.17, 15) is 4.79 Å². The van der Waals surface area contributed by atoms with Crippen LogP contribution in [-0.4, -0.2) is 52.9 Å². The van der Waals surface area contributed by atoms with Crippen molar-refractivity contribution in [3.8, 4) is 11.4 Å². The molecule has 1 heterocycles. The zero-order valence-corrected chi connectivity index (χ0v) is 13.3. The van der Waals surface area contributed by atoms with Crippen molar-refractivity contribution >= 4 is 17.5 Å². The Balaban J connectivity index is 2.29. The first-order valence-corrected chi connectivity index (χ1v) is 7.01. The average molecular weight is 325 g/mol. The number of likely N-dealkylation sites (N-methyl/N-ethyl adjacent to an activating group) is 1. The molecule has 2 rings (SSSR count). The Bertz CT molecular complexity index is 646. The van der Waals surface area contributed by atoms with Crippen molar-refractivity contribution in [2.45, 2.75) is 13.0 Å². The van der Waals surface area contributed by atoms with Crippen molar-refractivity contribution in [3.63, 3.8) is 0 Å². The fourth-order valence-electron chi connectivity index (χ4n) is 1.78. The van der Waals surface area contributed by atoms with Gasteiger partial charge >= 0.3 is 0 Å². The van der Waals surface area contributed by atoms with Crippen LogP contribution in [0.15, 0.2) is 18.5 Å². The predicted molar refractivity (Wildman–Crippen MR) is 81.6 cm³/mol. The third kappa shape index (κ3) is 3.52. The van der Waals surface area contributed by atoms with E-state index in [1.165, 1.54) is 24.2 Å². The number of amides is 1. The lowest BCUT2D eigenvalue weighted by Crippen LogP contribution is -2.37. The molecule has 1 aromatic heterocycles. The number of ether oxygens (including phenoxy) is 1. The van der Waals surface area contributed by atoms with Crippen LogP contribution < -0.4 is 15.4 Å². The van der Waals surface area contributed by atoms with Crippen LogP contribution in [-0.2, 0) is 0 Å². The number of hydrogen-bond acceptors (Lipinski definition) is 6. The number of tetrazole rings is 1. The zero-order chi connectivity index (χ0) is 16.1. The van der Waals surface area contributed by atoms with E-state index in [1.807, 2.05) is 14.0 Å². The van der Waals surface area contributed by atoms with Crippen molar-refractivity contribution in [1.29, 1.82) is 0 Å². The number of carbonyl (C=O) groups is 1. The molecule has 1 atom stereocenters. The van der Waals surface area contributed by atoms with E-state index in [0.717, 1.165) is 0 Å². The van der Waals surface area contributed by atoms with Gasteiger partial charge < -0.3 is 15.4 Å². The van der Waals surface area contributed by atoms with Crippen LogP contribution in [0.3, 0.4) is 0 Å². The molecule has 9 heteroatoms. The second-order valence-electron chi connectivity index (χ2n) is 4.66. The molecule has 8 nitrogen and oxygen atoms in total. The van der Waals surface area contributed by atoms with Gasteiger partial charge in [-0.2, -0.15) is 4.68 Å². The van der Waals surface area contributed by atoms with E-state index in [-0.39, 0.29) is 11.9 Å². The second-order valence-corrected chi connectivity index (χ2v) is 5.07. The van der Waals surface area contributed by atoms with E-state index >= 15 is 0 Å². The topological polar surface area (TPSA) is 94.0 Å². The first kappa shape index (κ1) is 16.2. The van der Waals surface area contributed by atoms with E-state index in [4.69, 9.17) is 16.3 Å².